The van der Waals surface area contributed by atoms with Crippen LogP contribution in [0.4, 0.5) is 4.39 Å². The summed E-state index contributed by atoms with van der Waals surface area (Å²) in [6.45, 7) is 2.80. The van der Waals surface area contributed by atoms with E-state index in [2.05, 4.69) is 28.2 Å². The van der Waals surface area contributed by atoms with Gasteiger partial charge in [-0.25, -0.2) is 4.39 Å². The van der Waals surface area contributed by atoms with E-state index in [0.29, 0.717) is 11.9 Å². The van der Waals surface area contributed by atoms with Crippen molar-refractivity contribution in [2.24, 2.45) is 0 Å². The lowest BCUT2D eigenvalue weighted by atomic mass is 10.2. The number of hydrogen-bond donors (Lipinski definition) is 1. The van der Waals surface area contributed by atoms with Crippen molar-refractivity contribution in [2.75, 3.05) is 5.88 Å². The minimum atomic E-state index is -0.223. The molecule has 1 unspecified atom stereocenters. The molecule has 1 N–H and O–H groups in total. The quantitative estimate of drug-likeness (QED) is 0.817. The summed E-state index contributed by atoms with van der Waals surface area (Å²) in [4.78, 5) is 0. The van der Waals surface area contributed by atoms with Crippen LogP contribution in [0.3, 0.4) is 0 Å². The molecule has 84 valence electrons. The van der Waals surface area contributed by atoms with E-state index in [9.17, 15) is 4.39 Å². The van der Waals surface area contributed by atoms with Crippen molar-refractivity contribution in [1.82, 2.24) is 5.32 Å². The Bertz CT molecular complexity index is 319. The zero-order valence-corrected chi connectivity index (χ0v) is 10.9. The molecular formula is C11H14BrClFN. The van der Waals surface area contributed by atoms with Crippen LogP contribution in [0.1, 0.15) is 18.9 Å². The molecule has 0 amide bonds. The molecule has 4 heteroatoms. The van der Waals surface area contributed by atoms with Crippen LogP contribution < -0.4 is 5.32 Å². The molecule has 0 fully saturated rings. The van der Waals surface area contributed by atoms with Gasteiger partial charge in [-0.2, -0.15) is 0 Å². The number of benzene rings is 1. The maximum Gasteiger partial charge on any atom is 0.124 e. The first kappa shape index (κ1) is 12.9. The third kappa shape index (κ3) is 4.49. The topological polar surface area (TPSA) is 12.0 Å². The lowest BCUT2D eigenvalue weighted by Crippen LogP contribution is -2.25. The van der Waals surface area contributed by atoms with Gasteiger partial charge in [-0.05, 0) is 31.0 Å². The Hall–Kier alpha value is -0.120. The van der Waals surface area contributed by atoms with Crippen LogP contribution >= 0.6 is 27.5 Å². The molecule has 0 heterocycles. The summed E-state index contributed by atoms with van der Waals surface area (Å²) >= 11 is 8.96. The summed E-state index contributed by atoms with van der Waals surface area (Å²) < 4.78 is 13.6. The summed E-state index contributed by atoms with van der Waals surface area (Å²) in [5, 5.41) is 3.32. The SMILES string of the molecule is CC(CCCl)NCc1ccc(F)cc1Br. The van der Waals surface area contributed by atoms with Crippen molar-refractivity contribution < 1.29 is 4.39 Å². The molecule has 1 nitrogen and oxygen atoms in total. The van der Waals surface area contributed by atoms with Crippen LogP contribution in [-0.2, 0) is 6.54 Å². The highest BCUT2D eigenvalue weighted by Crippen LogP contribution is 2.17. The van der Waals surface area contributed by atoms with E-state index in [4.69, 9.17) is 11.6 Å². The molecule has 0 aromatic heterocycles. The first-order valence-electron chi connectivity index (χ1n) is 4.86. The Labute approximate surface area is 103 Å². The summed E-state index contributed by atoms with van der Waals surface area (Å²) in [7, 11) is 0. The van der Waals surface area contributed by atoms with Gasteiger partial charge in [0.15, 0.2) is 0 Å². The van der Waals surface area contributed by atoms with Gasteiger partial charge in [-0.1, -0.05) is 22.0 Å². The smallest absolute Gasteiger partial charge is 0.124 e. The fourth-order valence-electron chi connectivity index (χ4n) is 1.21. The number of alkyl halides is 1. The van der Waals surface area contributed by atoms with Crippen molar-refractivity contribution in [2.45, 2.75) is 25.9 Å². The van der Waals surface area contributed by atoms with E-state index in [1.54, 1.807) is 6.07 Å². The molecule has 0 saturated carbocycles. The molecule has 1 rings (SSSR count). The van der Waals surface area contributed by atoms with Gasteiger partial charge in [0, 0.05) is 22.9 Å². The normalized spacial score (nSPS) is 12.8. The Morgan fingerprint density at radius 1 is 1.53 bits per heavy atom. The molecule has 0 radical (unpaired) electrons. The van der Waals surface area contributed by atoms with E-state index in [-0.39, 0.29) is 5.82 Å². The average molecular weight is 295 g/mol. The lowest BCUT2D eigenvalue weighted by Gasteiger charge is -2.13. The largest absolute Gasteiger partial charge is 0.310 e. The standard InChI is InChI=1S/C11H14BrClFN/c1-8(4-5-13)15-7-9-2-3-10(14)6-11(9)12/h2-3,6,8,15H,4-5,7H2,1H3. The van der Waals surface area contributed by atoms with Gasteiger partial charge >= 0.3 is 0 Å². The van der Waals surface area contributed by atoms with Crippen molar-refractivity contribution >= 4 is 27.5 Å². The monoisotopic (exact) mass is 293 g/mol. The predicted molar refractivity (Wildman–Crippen MR) is 65.7 cm³/mol. The summed E-state index contributed by atoms with van der Waals surface area (Å²) in [5.41, 5.74) is 1.05. The van der Waals surface area contributed by atoms with Gasteiger partial charge in [0.2, 0.25) is 0 Å². The molecule has 1 aromatic rings. The zero-order chi connectivity index (χ0) is 11.3. The molecule has 0 aliphatic rings. The highest BCUT2D eigenvalue weighted by Gasteiger charge is 2.04. The summed E-state index contributed by atoms with van der Waals surface area (Å²) in [6, 6.07) is 5.09. The molecule has 0 spiro atoms. The van der Waals surface area contributed by atoms with Crippen LogP contribution in [0.5, 0.6) is 0 Å². The number of hydrogen-bond acceptors (Lipinski definition) is 1. The van der Waals surface area contributed by atoms with Gasteiger partial charge < -0.3 is 5.32 Å². The van der Waals surface area contributed by atoms with Crippen LogP contribution in [-0.4, -0.2) is 11.9 Å². The van der Waals surface area contributed by atoms with E-state index in [1.807, 2.05) is 0 Å². The molecule has 0 aliphatic heterocycles. The number of rotatable bonds is 5. The maximum absolute atomic E-state index is 12.8. The number of halogens is 3. The third-order valence-corrected chi connectivity index (χ3v) is 3.15. The van der Waals surface area contributed by atoms with Gasteiger partial charge in [0.1, 0.15) is 5.82 Å². The second-order valence-electron chi connectivity index (χ2n) is 3.50. The fraction of sp³-hybridized carbons (Fsp3) is 0.455. The molecule has 0 saturated heterocycles. The van der Waals surface area contributed by atoms with Crippen molar-refractivity contribution in [3.63, 3.8) is 0 Å². The highest BCUT2D eigenvalue weighted by atomic mass is 79.9. The molecule has 0 aliphatic carbocycles. The summed E-state index contributed by atoms with van der Waals surface area (Å²) in [5.74, 6) is 0.429. The van der Waals surface area contributed by atoms with Crippen molar-refractivity contribution in [3.8, 4) is 0 Å². The Morgan fingerprint density at radius 2 is 2.27 bits per heavy atom. The van der Waals surface area contributed by atoms with Gasteiger partial charge in [-0.15, -0.1) is 11.6 Å². The molecule has 1 aromatic carbocycles. The van der Waals surface area contributed by atoms with E-state index in [0.717, 1.165) is 23.0 Å². The second kappa shape index (κ2) is 6.46. The van der Waals surface area contributed by atoms with Crippen molar-refractivity contribution in [1.29, 1.82) is 0 Å². The number of nitrogens with one attached hydrogen (secondary N) is 1. The third-order valence-electron chi connectivity index (χ3n) is 2.20. The van der Waals surface area contributed by atoms with Gasteiger partial charge in [-0.3, -0.25) is 0 Å². The Morgan fingerprint density at radius 3 is 2.87 bits per heavy atom. The van der Waals surface area contributed by atoms with Crippen LogP contribution in [0.2, 0.25) is 0 Å². The Balaban J connectivity index is 2.50. The van der Waals surface area contributed by atoms with Crippen LogP contribution in [0.15, 0.2) is 22.7 Å². The Kier molecular flexibility index (Phi) is 5.58. The second-order valence-corrected chi connectivity index (χ2v) is 4.73. The highest BCUT2D eigenvalue weighted by molar-refractivity contribution is 9.10. The van der Waals surface area contributed by atoms with E-state index in [1.165, 1.54) is 12.1 Å². The van der Waals surface area contributed by atoms with Crippen LogP contribution in [0, 0.1) is 5.82 Å². The molecule has 0 bridgehead atoms. The minimum absolute atomic E-state index is 0.223. The maximum atomic E-state index is 12.8. The van der Waals surface area contributed by atoms with Gasteiger partial charge in [0.05, 0.1) is 0 Å². The molecule has 1 atom stereocenters. The zero-order valence-electron chi connectivity index (χ0n) is 8.56. The summed E-state index contributed by atoms with van der Waals surface area (Å²) in [6.07, 6.45) is 0.931. The van der Waals surface area contributed by atoms with E-state index >= 15 is 0 Å². The van der Waals surface area contributed by atoms with E-state index < -0.39 is 0 Å². The lowest BCUT2D eigenvalue weighted by molar-refractivity contribution is 0.534. The minimum Gasteiger partial charge on any atom is -0.310 e. The first-order valence-corrected chi connectivity index (χ1v) is 6.19. The molecule has 15 heavy (non-hydrogen) atoms. The fourth-order valence-corrected chi connectivity index (χ4v) is 2.03. The first-order chi connectivity index (χ1) is 7.13. The van der Waals surface area contributed by atoms with Gasteiger partial charge in [0.25, 0.3) is 0 Å². The predicted octanol–water partition coefficient (Wildman–Crippen LogP) is 3.70. The molecular weight excluding hydrogens is 280 g/mol. The van der Waals surface area contributed by atoms with Crippen LogP contribution in [0.25, 0.3) is 0 Å². The average Bonchev–Trinajstić information content (AvgIpc) is 2.17. The van der Waals surface area contributed by atoms with Crippen molar-refractivity contribution in [3.05, 3.63) is 34.1 Å².